The van der Waals surface area contributed by atoms with Crippen LogP contribution in [0.1, 0.15) is 10.4 Å². The highest BCUT2D eigenvalue weighted by molar-refractivity contribution is 5.84. The number of benzene rings is 2. The SMILES string of the molecule is O=Cc1ccc([N+](=O)[O-])c(Oc2ncnc3c(F)cccc23)c1. The Kier molecular flexibility index (Phi) is 3.63. The summed E-state index contributed by atoms with van der Waals surface area (Å²) in [5.74, 6) is -0.768. The molecule has 0 unspecified atom stereocenters. The predicted molar refractivity (Wildman–Crippen MR) is 78.1 cm³/mol. The molecule has 3 rings (SSSR count). The number of halogens is 1. The van der Waals surface area contributed by atoms with Crippen LogP contribution in [-0.4, -0.2) is 21.2 Å². The maximum Gasteiger partial charge on any atom is 0.311 e. The molecule has 0 fully saturated rings. The van der Waals surface area contributed by atoms with Crippen molar-refractivity contribution in [1.29, 1.82) is 0 Å². The lowest BCUT2D eigenvalue weighted by atomic mass is 10.2. The minimum absolute atomic E-state index is 0.0340. The first-order chi connectivity index (χ1) is 11.1. The van der Waals surface area contributed by atoms with Crippen LogP contribution in [0.5, 0.6) is 11.6 Å². The van der Waals surface area contributed by atoms with Crippen LogP contribution in [0.3, 0.4) is 0 Å². The van der Waals surface area contributed by atoms with Gasteiger partial charge in [0.05, 0.1) is 10.3 Å². The van der Waals surface area contributed by atoms with Gasteiger partial charge in [-0.15, -0.1) is 0 Å². The molecule has 0 atom stereocenters. The van der Waals surface area contributed by atoms with Crippen molar-refractivity contribution in [3.8, 4) is 11.6 Å². The lowest BCUT2D eigenvalue weighted by Crippen LogP contribution is -1.97. The van der Waals surface area contributed by atoms with Crippen molar-refractivity contribution in [2.75, 3.05) is 0 Å². The number of nitrogens with zero attached hydrogens (tertiary/aromatic N) is 3. The fourth-order valence-corrected chi connectivity index (χ4v) is 2.05. The molecule has 0 saturated heterocycles. The van der Waals surface area contributed by atoms with E-state index in [1.54, 1.807) is 0 Å². The van der Waals surface area contributed by atoms with Gasteiger partial charge in [-0.1, -0.05) is 6.07 Å². The number of carbonyl (C=O) groups excluding carboxylic acids is 1. The molecule has 3 aromatic rings. The number of aldehydes is 1. The minimum atomic E-state index is -0.645. The molecule has 114 valence electrons. The van der Waals surface area contributed by atoms with Crippen LogP contribution in [0.2, 0.25) is 0 Å². The molecule has 0 N–H and O–H groups in total. The average Bonchev–Trinajstić information content (AvgIpc) is 2.55. The van der Waals surface area contributed by atoms with Gasteiger partial charge < -0.3 is 4.74 Å². The van der Waals surface area contributed by atoms with E-state index in [0.29, 0.717) is 6.29 Å². The Morgan fingerprint density at radius 3 is 2.78 bits per heavy atom. The molecule has 23 heavy (non-hydrogen) atoms. The molecule has 0 amide bonds. The molecule has 7 nitrogen and oxygen atoms in total. The highest BCUT2D eigenvalue weighted by atomic mass is 19.1. The minimum Gasteiger partial charge on any atom is -0.431 e. The monoisotopic (exact) mass is 313 g/mol. The van der Waals surface area contributed by atoms with E-state index in [0.717, 1.165) is 12.4 Å². The topological polar surface area (TPSA) is 95.2 Å². The van der Waals surface area contributed by atoms with Gasteiger partial charge in [-0.2, -0.15) is 0 Å². The molecule has 2 aromatic carbocycles. The molecule has 1 heterocycles. The van der Waals surface area contributed by atoms with Crippen molar-refractivity contribution in [2.24, 2.45) is 0 Å². The van der Waals surface area contributed by atoms with Crippen molar-refractivity contribution in [3.05, 3.63) is 64.2 Å². The van der Waals surface area contributed by atoms with E-state index in [1.807, 2.05) is 0 Å². The summed E-state index contributed by atoms with van der Waals surface area (Å²) in [5.41, 5.74) is -0.0967. The summed E-state index contributed by atoms with van der Waals surface area (Å²) >= 11 is 0. The largest absolute Gasteiger partial charge is 0.431 e. The molecular formula is C15H8FN3O4. The van der Waals surface area contributed by atoms with Crippen molar-refractivity contribution in [3.63, 3.8) is 0 Å². The number of aromatic nitrogens is 2. The van der Waals surface area contributed by atoms with Crippen LogP contribution in [0.4, 0.5) is 10.1 Å². The van der Waals surface area contributed by atoms with Gasteiger partial charge in [0.15, 0.2) is 0 Å². The lowest BCUT2D eigenvalue weighted by Gasteiger charge is -2.08. The zero-order valence-corrected chi connectivity index (χ0v) is 11.5. The van der Waals surface area contributed by atoms with Gasteiger partial charge in [-0.05, 0) is 24.3 Å². The zero-order chi connectivity index (χ0) is 16.4. The number of fused-ring (bicyclic) bond motifs is 1. The first kappa shape index (κ1) is 14.5. The first-order valence-corrected chi connectivity index (χ1v) is 6.41. The van der Waals surface area contributed by atoms with Crippen molar-refractivity contribution < 1.29 is 18.8 Å². The predicted octanol–water partition coefficient (Wildman–Crippen LogP) is 3.28. The van der Waals surface area contributed by atoms with Crippen molar-refractivity contribution in [2.45, 2.75) is 0 Å². The summed E-state index contributed by atoms with van der Waals surface area (Å²) in [7, 11) is 0. The van der Waals surface area contributed by atoms with E-state index < -0.39 is 10.7 Å². The molecule has 1 aromatic heterocycles. The van der Waals surface area contributed by atoms with E-state index in [4.69, 9.17) is 4.74 Å². The van der Waals surface area contributed by atoms with Crippen LogP contribution >= 0.6 is 0 Å². The first-order valence-electron chi connectivity index (χ1n) is 6.41. The van der Waals surface area contributed by atoms with Crippen LogP contribution in [0, 0.1) is 15.9 Å². The number of carbonyl (C=O) groups is 1. The van der Waals surface area contributed by atoms with Gasteiger partial charge in [-0.25, -0.2) is 14.4 Å². The Labute approximate surface area is 128 Å². The molecule has 8 heteroatoms. The van der Waals surface area contributed by atoms with E-state index in [2.05, 4.69) is 9.97 Å². The summed E-state index contributed by atoms with van der Waals surface area (Å²) < 4.78 is 19.2. The van der Waals surface area contributed by atoms with Gasteiger partial charge in [0.1, 0.15) is 23.9 Å². The molecule has 0 bridgehead atoms. The lowest BCUT2D eigenvalue weighted by molar-refractivity contribution is -0.385. The van der Waals surface area contributed by atoms with Crippen LogP contribution in [0.25, 0.3) is 10.9 Å². The Morgan fingerprint density at radius 2 is 2.04 bits per heavy atom. The Balaban J connectivity index is 2.14. The second-order valence-electron chi connectivity index (χ2n) is 4.52. The highest BCUT2D eigenvalue weighted by Gasteiger charge is 2.18. The van der Waals surface area contributed by atoms with Crippen molar-refractivity contribution >= 4 is 22.9 Å². The summed E-state index contributed by atoms with van der Waals surface area (Å²) in [6.07, 6.45) is 1.63. The Bertz CT molecular complexity index is 930. The average molecular weight is 313 g/mol. The fraction of sp³-hybridized carbons (Fsp3) is 0. The third kappa shape index (κ3) is 2.69. The molecule has 0 aliphatic rings. The number of nitro groups is 1. The standard InChI is InChI=1S/C15H8FN3O4/c16-11-3-1-2-10-14(11)17-8-18-15(10)23-13-6-9(7-20)4-5-12(13)19(21)22/h1-8H. The normalized spacial score (nSPS) is 10.5. The molecule has 0 radical (unpaired) electrons. The number of ether oxygens (including phenoxy) is 1. The molecule has 0 spiro atoms. The third-order valence-electron chi connectivity index (χ3n) is 3.10. The number of hydrogen-bond donors (Lipinski definition) is 0. The van der Waals surface area contributed by atoms with Gasteiger partial charge in [-0.3, -0.25) is 14.9 Å². The number of hydrogen-bond acceptors (Lipinski definition) is 6. The maximum atomic E-state index is 13.7. The second kappa shape index (κ2) is 5.76. The summed E-state index contributed by atoms with van der Waals surface area (Å²) in [5, 5.41) is 11.3. The quantitative estimate of drug-likeness (QED) is 0.416. The van der Waals surface area contributed by atoms with E-state index >= 15 is 0 Å². The molecule has 0 aliphatic carbocycles. The fourth-order valence-electron chi connectivity index (χ4n) is 2.05. The third-order valence-corrected chi connectivity index (χ3v) is 3.10. The van der Waals surface area contributed by atoms with E-state index in [1.165, 1.54) is 30.3 Å². The number of nitro benzene ring substituents is 1. The molecular weight excluding hydrogens is 305 g/mol. The maximum absolute atomic E-state index is 13.7. The highest BCUT2D eigenvalue weighted by Crippen LogP contribution is 2.34. The number of rotatable bonds is 4. The molecule has 0 saturated carbocycles. The van der Waals surface area contributed by atoms with Crippen LogP contribution in [0.15, 0.2) is 42.7 Å². The van der Waals surface area contributed by atoms with Gasteiger partial charge in [0.25, 0.3) is 0 Å². The molecule has 0 aliphatic heterocycles. The van der Waals surface area contributed by atoms with Gasteiger partial charge >= 0.3 is 5.69 Å². The second-order valence-corrected chi connectivity index (χ2v) is 4.52. The van der Waals surface area contributed by atoms with E-state index in [9.17, 15) is 19.3 Å². The summed E-state index contributed by atoms with van der Waals surface area (Å²) in [6.45, 7) is 0. The Morgan fingerprint density at radius 1 is 1.22 bits per heavy atom. The van der Waals surface area contributed by atoms with E-state index in [-0.39, 0.29) is 33.8 Å². The van der Waals surface area contributed by atoms with Crippen LogP contribution in [-0.2, 0) is 0 Å². The van der Waals surface area contributed by atoms with Gasteiger partial charge in [0, 0.05) is 11.6 Å². The summed E-state index contributed by atoms with van der Waals surface area (Å²) in [4.78, 5) is 29.0. The summed E-state index contributed by atoms with van der Waals surface area (Å²) in [6, 6.07) is 7.89. The Hall–Kier alpha value is -3.42. The zero-order valence-electron chi connectivity index (χ0n) is 11.5. The van der Waals surface area contributed by atoms with Gasteiger partial charge in [0.2, 0.25) is 11.6 Å². The number of para-hydroxylation sites is 1. The smallest absolute Gasteiger partial charge is 0.311 e. The van der Waals surface area contributed by atoms with Crippen molar-refractivity contribution in [1.82, 2.24) is 9.97 Å². The van der Waals surface area contributed by atoms with Crippen LogP contribution < -0.4 is 4.74 Å².